The first-order valence-electron chi connectivity index (χ1n) is 19.8. The Bertz CT molecular complexity index is 3150. The number of nitrogens with zero attached hydrogens (tertiary/aromatic N) is 1. The largest absolute Gasteiger partial charge is 0.457 e. The summed E-state index contributed by atoms with van der Waals surface area (Å²) in [4.78, 5) is 2.36. The summed E-state index contributed by atoms with van der Waals surface area (Å²) in [6.07, 6.45) is 0. The molecule has 0 fully saturated rings. The molecule has 0 atom stereocenters. The first-order valence-corrected chi connectivity index (χ1v) is 19.8. The normalized spacial score (nSPS) is 13.1. The maximum absolute atomic E-state index is 7.01. The van der Waals surface area contributed by atoms with Crippen LogP contribution in [0.2, 0.25) is 0 Å². The third-order valence-corrected chi connectivity index (χ3v) is 12.2. The number of ether oxygens (including phenoxy) is 1. The second kappa shape index (κ2) is 12.7. The number of fused-ring (bicyclic) bond motifs is 12. The van der Waals surface area contributed by atoms with Crippen LogP contribution >= 0.6 is 0 Å². The minimum Gasteiger partial charge on any atom is -0.457 e. The molecule has 1 aliphatic heterocycles. The van der Waals surface area contributed by atoms with Gasteiger partial charge >= 0.3 is 0 Å². The molecule has 12 rings (SSSR count). The highest BCUT2D eigenvalue weighted by Crippen LogP contribution is 2.62. The van der Waals surface area contributed by atoms with Gasteiger partial charge in [-0.3, -0.25) is 0 Å². The Balaban J connectivity index is 1.12. The molecular formula is C55H35NO2. The van der Waals surface area contributed by atoms with Crippen molar-refractivity contribution in [1.82, 2.24) is 0 Å². The molecule has 9 aromatic carbocycles. The smallest absolute Gasteiger partial charge is 0.145 e. The number of para-hydroxylation sites is 2. The summed E-state index contributed by atoms with van der Waals surface area (Å²) < 4.78 is 13.8. The van der Waals surface area contributed by atoms with Crippen molar-refractivity contribution >= 4 is 39.0 Å². The van der Waals surface area contributed by atoms with Gasteiger partial charge in [-0.15, -0.1) is 0 Å². The van der Waals surface area contributed by atoms with E-state index in [0.29, 0.717) is 0 Å². The van der Waals surface area contributed by atoms with Crippen molar-refractivity contribution in [2.45, 2.75) is 5.41 Å². The minimum atomic E-state index is -0.538. The van der Waals surface area contributed by atoms with Gasteiger partial charge in [0.25, 0.3) is 0 Å². The lowest BCUT2D eigenvalue weighted by Crippen LogP contribution is -2.32. The van der Waals surface area contributed by atoms with Crippen molar-refractivity contribution in [3.05, 3.63) is 235 Å². The maximum Gasteiger partial charge on any atom is 0.145 e. The number of benzene rings is 9. The quantitative estimate of drug-likeness (QED) is 0.176. The summed E-state index contributed by atoms with van der Waals surface area (Å²) in [7, 11) is 0. The fourth-order valence-electron chi connectivity index (χ4n) is 9.69. The van der Waals surface area contributed by atoms with E-state index in [0.717, 1.165) is 78.3 Å². The van der Waals surface area contributed by atoms with E-state index in [-0.39, 0.29) is 0 Å². The molecule has 2 aliphatic rings. The van der Waals surface area contributed by atoms with Gasteiger partial charge < -0.3 is 14.1 Å². The van der Waals surface area contributed by atoms with Crippen LogP contribution in [0.5, 0.6) is 11.5 Å². The van der Waals surface area contributed by atoms with Gasteiger partial charge in [0.15, 0.2) is 0 Å². The third-order valence-electron chi connectivity index (χ3n) is 12.2. The van der Waals surface area contributed by atoms with E-state index in [1.165, 1.54) is 27.8 Å². The van der Waals surface area contributed by atoms with E-state index in [9.17, 15) is 0 Å². The summed E-state index contributed by atoms with van der Waals surface area (Å²) in [6, 6.07) is 75.9. The highest BCUT2D eigenvalue weighted by molar-refractivity contribution is 6.17. The van der Waals surface area contributed by atoms with Gasteiger partial charge in [-0.2, -0.15) is 0 Å². The van der Waals surface area contributed by atoms with E-state index in [2.05, 4.69) is 211 Å². The standard InChI is InChI=1S/C55H35NO2/c1-3-15-36(16-4-1)37-27-29-39(30-28-37)56(49-34-32-41(38-17-5-2-6-18-38)54-53(49)44-21-9-13-25-50(44)58-54)40-31-33-48-52(35-40)57-51-26-14-12-24-47(51)55(48)45-22-10-7-19-42(45)43-20-8-11-23-46(43)55/h1-35H. The van der Waals surface area contributed by atoms with Gasteiger partial charge in [-0.05, 0) is 81.4 Å². The van der Waals surface area contributed by atoms with Crippen molar-refractivity contribution in [3.8, 4) is 44.9 Å². The Kier molecular flexibility index (Phi) is 7.14. The van der Waals surface area contributed by atoms with Gasteiger partial charge in [-0.1, -0.05) is 164 Å². The molecule has 0 saturated heterocycles. The Morgan fingerprint density at radius 3 is 1.69 bits per heavy atom. The van der Waals surface area contributed by atoms with Crippen molar-refractivity contribution in [1.29, 1.82) is 0 Å². The minimum absolute atomic E-state index is 0.538. The van der Waals surface area contributed by atoms with E-state index in [4.69, 9.17) is 9.15 Å². The molecule has 0 amide bonds. The van der Waals surface area contributed by atoms with Crippen molar-refractivity contribution < 1.29 is 9.15 Å². The topological polar surface area (TPSA) is 25.6 Å². The van der Waals surface area contributed by atoms with Crippen LogP contribution in [0.1, 0.15) is 22.3 Å². The Labute approximate surface area is 336 Å². The summed E-state index contributed by atoms with van der Waals surface area (Å²) in [5.74, 6) is 1.70. The number of hydrogen-bond donors (Lipinski definition) is 0. The van der Waals surface area contributed by atoms with E-state index >= 15 is 0 Å². The zero-order chi connectivity index (χ0) is 38.2. The lowest BCUT2D eigenvalue weighted by Gasteiger charge is -2.40. The molecule has 3 nitrogen and oxygen atoms in total. The Morgan fingerprint density at radius 2 is 0.948 bits per heavy atom. The number of anilines is 3. The molecule has 58 heavy (non-hydrogen) atoms. The second-order valence-electron chi connectivity index (χ2n) is 15.2. The van der Waals surface area contributed by atoms with Crippen LogP contribution in [0.4, 0.5) is 17.1 Å². The molecule has 1 aliphatic carbocycles. The lowest BCUT2D eigenvalue weighted by atomic mass is 9.66. The fourth-order valence-corrected chi connectivity index (χ4v) is 9.69. The molecule has 272 valence electrons. The van der Waals surface area contributed by atoms with Crippen molar-refractivity contribution in [3.63, 3.8) is 0 Å². The lowest BCUT2D eigenvalue weighted by molar-refractivity contribution is 0.436. The second-order valence-corrected chi connectivity index (χ2v) is 15.2. The van der Waals surface area contributed by atoms with Crippen LogP contribution in [0, 0.1) is 0 Å². The first-order chi connectivity index (χ1) is 28.8. The molecule has 10 aromatic rings. The van der Waals surface area contributed by atoms with Gasteiger partial charge in [-0.25, -0.2) is 0 Å². The first kappa shape index (κ1) is 32.6. The summed E-state index contributed by atoms with van der Waals surface area (Å²) in [5.41, 5.74) is 16.1. The zero-order valence-corrected chi connectivity index (χ0v) is 31.5. The molecule has 0 unspecified atom stereocenters. The summed E-state index contributed by atoms with van der Waals surface area (Å²) in [6.45, 7) is 0. The number of rotatable bonds is 5. The zero-order valence-electron chi connectivity index (χ0n) is 31.5. The van der Waals surface area contributed by atoms with E-state index in [1.807, 2.05) is 6.07 Å². The summed E-state index contributed by atoms with van der Waals surface area (Å²) in [5, 5.41) is 2.13. The monoisotopic (exact) mass is 741 g/mol. The van der Waals surface area contributed by atoms with Crippen molar-refractivity contribution in [2.75, 3.05) is 4.90 Å². The predicted octanol–water partition coefficient (Wildman–Crippen LogP) is 14.9. The van der Waals surface area contributed by atoms with Crippen LogP contribution in [-0.4, -0.2) is 0 Å². The molecule has 1 aromatic heterocycles. The van der Waals surface area contributed by atoms with E-state index in [1.54, 1.807) is 0 Å². The van der Waals surface area contributed by atoms with Crippen LogP contribution in [0.25, 0.3) is 55.3 Å². The maximum atomic E-state index is 7.01. The average Bonchev–Trinajstić information content (AvgIpc) is 3.82. The molecule has 3 heteroatoms. The van der Waals surface area contributed by atoms with Crippen LogP contribution in [0.15, 0.2) is 217 Å². The van der Waals surface area contributed by atoms with Crippen LogP contribution in [0.3, 0.4) is 0 Å². The molecule has 0 N–H and O–H groups in total. The Hall–Kier alpha value is -7.62. The van der Waals surface area contributed by atoms with Gasteiger partial charge in [0, 0.05) is 39.5 Å². The molecular weight excluding hydrogens is 707 g/mol. The van der Waals surface area contributed by atoms with Crippen LogP contribution in [-0.2, 0) is 5.41 Å². The number of furan rings is 1. The SMILES string of the molecule is c1ccc(-c2ccc(N(c3ccc4c(c3)Oc3ccccc3C43c4ccccc4-c4ccccc43)c3ccc(-c4ccccc4)c4oc5ccccc5c34)cc2)cc1. The molecule has 0 saturated carbocycles. The molecule has 2 heterocycles. The third kappa shape index (κ3) is 4.68. The fraction of sp³-hybridized carbons (Fsp3) is 0.0182. The van der Waals surface area contributed by atoms with Gasteiger partial charge in [0.05, 0.1) is 16.5 Å². The van der Waals surface area contributed by atoms with E-state index < -0.39 is 5.41 Å². The molecule has 0 radical (unpaired) electrons. The van der Waals surface area contributed by atoms with Crippen molar-refractivity contribution in [2.24, 2.45) is 0 Å². The van der Waals surface area contributed by atoms with Crippen LogP contribution < -0.4 is 9.64 Å². The van der Waals surface area contributed by atoms with Gasteiger partial charge in [0.2, 0.25) is 0 Å². The predicted molar refractivity (Wildman–Crippen MR) is 237 cm³/mol. The highest BCUT2D eigenvalue weighted by Gasteiger charge is 2.51. The number of hydrogen-bond acceptors (Lipinski definition) is 3. The molecule has 0 bridgehead atoms. The average molecular weight is 742 g/mol. The Morgan fingerprint density at radius 1 is 0.379 bits per heavy atom. The van der Waals surface area contributed by atoms with Gasteiger partial charge in [0.1, 0.15) is 22.7 Å². The highest BCUT2D eigenvalue weighted by atomic mass is 16.5. The summed E-state index contributed by atoms with van der Waals surface area (Å²) >= 11 is 0. The molecule has 1 spiro atoms.